The van der Waals surface area contributed by atoms with Crippen LogP contribution in [0, 0.1) is 6.92 Å². The number of aromatic nitrogens is 2. The Morgan fingerprint density at radius 3 is 2.63 bits per heavy atom. The molecule has 0 unspecified atom stereocenters. The summed E-state index contributed by atoms with van der Waals surface area (Å²) in [5, 5.41) is 7.55. The van der Waals surface area contributed by atoms with Gasteiger partial charge in [-0.25, -0.2) is 14.8 Å². The first-order valence-corrected chi connectivity index (χ1v) is 9.34. The third kappa shape index (κ3) is 4.59. The summed E-state index contributed by atoms with van der Waals surface area (Å²) >= 11 is 1.48. The lowest BCUT2D eigenvalue weighted by molar-refractivity contribution is -0.122. The van der Waals surface area contributed by atoms with Crippen LogP contribution >= 0.6 is 11.3 Å². The van der Waals surface area contributed by atoms with Gasteiger partial charge in [-0.1, -0.05) is 29.8 Å². The lowest BCUT2D eigenvalue weighted by Crippen LogP contribution is -2.44. The molecular formula is C19H20N4O3S. The maximum Gasteiger partial charge on any atom is 0.321 e. The largest absolute Gasteiger partial charge is 0.467 e. The highest BCUT2D eigenvalue weighted by Crippen LogP contribution is 2.37. The Balaban J connectivity index is 1.79. The minimum absolute atomic E-state index is 0.0666. The van der Waals surface area contributed by atoms with Crippen molar-refractivity contribution in [3.05, 3.63) is 41.5 Å². The predicted molar refractivity (Wildman–Crippen MR) is 105 cm³/mol. The van der Waals surface area contributed by atoms with E-state index >= 15 is 0 Å². The molecule has 3 amide bonds. The SMILES string of the molecule is Cc1ccc(-c2csc3ncnc(OCC(=O)NC(=O)NC(C)C)c23)cc1. The Morgan fingerprint density at radius 1 is 1.19 bits per heavy atom. The first kappa shape index (κ1) is 18.8. The van der Waals surface area contributed by atoms with Gasteiger partial charge in [0.1, 0.15) is 11.2 Å². The predicted octanol–water partition coefficient (Wildman–Crippen LogP) is 3.28. The van der Waals surface area contributed by atoms with E-state index in [-0.39, 0.29) is 12.6 Å². The zero-order chi connectivity index (χ0) is 19.4. The minimum Gasteiger partial charge on any atom is -0.467 e. The molecule has 0 aliphatic heterocycles. The summed E-state index contributed by atoms with van der Waals surface area (Å²) in [7, 11) is 0. The van der Waals surface area contributed by atoms with Crippen molar-refractivity contribution < 1.29 is 14.3 Å². The van der Waals surface area contributed by atoms with E-state index in [1.165, 1.54) is 23.2 Å². The molecule has 0 saturated carbocycles. The fourth-order valence-electron chi connectivity index (χ4n) is 2.50. The monoisotopic (exact) mass is 384 g/mol. The number of nitrogens with one attached hydrogen (secondary N) is 2. The van der Waals surface area contributed by atoms with Crippen LogP contribution in [0.4, 0.5) is 4.79 Å². The maximum absolute atomic E-state index is 11.9. The molecule has 0 fully saturated rings. The number of fused-ring (bicyclic) bond motifs is 1. The van der Waals surface area contributed by atoms with Crippen molar-refractivity contribution in [3.63, 3.8) is 0 Å². The molecule has 0 atom stereocenters. The quantitative estimate of drug-likeness (QED) is 0.704. The second-order valence-corrected chi connectivity index (χ2v) is 7.20. The first-order valence-electron chi connectivity index (χ1n) is 8.46. The normalized spacial score (nSPS) is 10.8. The number of rotatable bonds is 5. The van der Waals surface area contributed by atoms with Crippen LogP contribution in [0.1, 0.15) is 19.4 Å². The van der Waals surface area contributed by atoms with Crippen LogP contribution in [0.25, 0.3) is 21.3 Å². The van der Waals surface area contributed by atoms with Crippen LogP contribution in [-0.4, -0.2) is 34.6 Å². The van der Waals surface area contributed by atoms with E-state index in [9.17, 15) is 9.59 Å². The van der Waals surface area contributed by atoms with Gasteiger partial charge in [-0.2, -0.15) is 0 Å². The van der Waals surface area contributed by atoms with Crippen molar-refractivity contribution in [1.29, 1.82) is 0 Å². The Labute approximate surface area is 160 Å². The van der Waals surface area contributed by atoms with E-state index in [0.717, 1.165) is 21.3 Å². The van der Waals surface area contributed by atoms with Crippen LogP contribution in [-0.2, 0) is 4.79 Å². The molecule has 3 aromatic rings. The fraction of sp³-hybridized carbons (Fsp3) is 0.263. The number of thiophene rings is 1. The van der Waals surface area contributed by atoms with Crippen LogP contribution in [0.5, 0.6) is 5.88 Å². The molecule has 0 spiro atoms. The van der Waals surface area contributed by atoms with E-state index < -0.39 is 11.9 Å². The second-order valence-electron chi connectivity index (χ2n) is 6.34. The van der Waals surface area contributed by atoms with Crippen LogP contribution in [0.2, 0.25) is 0 Å². The first-order chi connectivity index (χ1) is 12.9. The van der Waals surface area contributed by atoms with Gasteiger partial charge in [0.15, 0.2) is 6.61 Å². The minimum atomic E-state index is -0.553. The number of hydrogen-bond donors (Lipinski definition) is 2. The molecule has 0 radical (unpaired) electrons. The molecule has 7 nitrogen and oxygen atoms in total. The molecule has 2 aromatic heterocycles. The van der Waals surface area contributed by atoms with Gasteiger partial charge in [0.2, 0.25) is 5.88 Å². The van der Waals surface area contributed by atoms with E-state index in [1.54, 1.807) is 13.8 Å². The Morgan fingerprint density at radius 2 is 1.93 bits per heavy atom. The summed E-state index contributed by atoms with van der Waals surface area (Å²) < 4.78 is 5.59. The standard InChI is InChI=1S/C19H20N4O3S/c1-11(2)22-19(25)23-15(24)8-26-17-16-14(9-27-18(16)21-10-20-17)13-6-4-12(3)5-7-13/h4-7,9-11H,8H2,1-3H3,(H2,22,23,24,25). The molecule has 27 heavy (non-hydrogen) atoms. The van der Waals surface area contributed by atoms with E-state index in [0.29, 0.717) is 5.88 Å². The van der Waals surface area contributed by atoms with E-state index in [1.807, 2.05) is 36.6 Å². The summed E-state index contributed by atoms with van der Waals surface area (Å²) in [6.45, 7) is 5.32. The number of amides is 3. The van der Waals surface area contributed by atoms with Crippen molar-refractivity contribution in [3.8, 4) is 17.0 Å². The van der Waals surface area contributed by atoms with Crippen molar-refractivity contribution in [2.24, 2.45) is 0 Å². The highest BCUT2D eigenvalue weighted by atomic mass is 32.1. The zero-order valence-corrected chi connectivity index (χ0v) is 16.1. The van der Waals surface area contributed by atoms with Gasteiger partial charge in [-0.3, -0.25) is 10.1 Å². The van der Waals surface area contributed by atoms with Gasteiger partial charge in [0.25, 0.3) is 5.91 Å². The third-order valence-corrected chi connectivity index (χ3v) is 4.60. The second kappa shape index (κ2) is 8.13. The topological polar surface area (TPSA) is 93.2 Å². The van der Waals surface area contributed by atoms with Gasteiger partial charge >= 0.3 is 6.03 Å². The highest BCUT2D eigenvalue weighted by Gasteiger charge is 2.16. The molecule has 0 aliphatic rings. The number of hydrogen-bond acceptors (Lipinski definition) is 6. The molecule has 8 heteroatoms. The van der Waals surface area contributed by atoms with Crippen molar-refractivity contribution >= 4 is 33.5 Å². The maximum atomic E-state index is 11.9. The van der Waals surface area contributed by atoms with Crippen LogP contribution in [0.15, 0.2) is 36.0 Å². The molecule has 0 saturated heterocycles. The summed E-state index contributed by atoms with van der Waals surface area (Å²) in [5.41, 5.74) is 3.14. The number of urea groups is 1. The number of benzene rings is 1. The third-order valence-electron chi connectivity index (χ3n) is 3.71. The van der Waals surface area contributed by atoms with E-state index in [2.05, 4.69) is 20.6 Å². The Hall–Kier alpha value is -3.00. The number of nitrogens with zero attached hydrogens (tertiary/aromatic N) is 2. The van der Waals surface area contributed by atoms with Crippen molar-refractivity contribution in [1.82, 2.24) is 20.6 Å². The lowest BCUT2D eigenvalue weighted by Gasteiger charge is -2.10. The average Bonchev–Trinajstić information content (AvgIpc) is 3.04. The fourth-order valence-corrected chi connectivity index (χ4v) is 3.40. The molecular weight excluding hydrogens is 364 g/mol. The molecule has 0 bridgehead atoms. The van der Waals surface area contributed by atoms with Gasteiger partial charge in [0.05, 0.1) is 5.39 Å². The van der Waals surface area contributed by atoms with Gasteiger partial charge < -0.3 is 10.1 Å². The van der Waals surface area contributed by atoms with Gasteiger partial charge in [-0.05, 0) is 26.3 Å². The van der Waals surface area contributed by atoms with Gasteiger partial charge in [0, 0.05) is 17.0 Å². The number of carbonyl (C=O) groups is 2. The number of carbonyl (C=O) groups excluding carboxylic acids is 2. The number of imide groups is 1. The highest BCUT2D eigenvalue weighted by molar-refractivity contribution is 7.17. The average molecular weight is 384 g/mol. The van der Waals surface area contributed by atoms with Crippen LogP contribution in [0.3, 0.4) is 0 Å². The summed E-state index contributed by atoms with van der Waals surface area (Å²) in [6.07, 6.45) is 1.40. The van der Waals surface area contributed by atoms with Gasteiger partial charge in [-0.15, -0.1) is 11.3 Å². The molecule has 0 aliphatic carbocycles. The molecule has 3 rings (SSSR count). The molecule has 2 heterocycles. The Bertz CT molecular complexity index is 967. The lowest BCUT2D eigenvalue weighted by atomic mass is 10.0. The smallest absolute Gasteiger partial charge is 0.321 e. The van der Waals surface area contributed by atoms with E-state index in [4.69, 9.17) is 4.74 Å². The number of ether oxygens (including phenoxy) is 1. The Kier molecular flexibility index (Phi) is 5.66. The molecule has 140 valence electrons. The van der Waals surface area contributed by atoms with Crippen molar-refractivity contribution in [2.45, 2.75) is 26.8 Å². The summed E-state index contributed by atoms with van der Waals surface area (Å²) in [6, 6.07) is 7.49. The summed E-state index contributed by atoms with van der Waals surface area (Å²) in [5.74, 6) is -0.233. The van der Waals surface area contributed by atoms with Crippen LogP contribution < -0.4 is 15.4 Å². The molecule has 2 N–H and O–H groups in total. The zero-order valence-electron chi connectivity index (χ0n) is 15.3. The van der Waals surface area contributed by atoms with Crippen molar-refractivity contribution in [2.75, 3.05) is 6.61 Å². The molecule has 1 aromatic carbocycles. The number of aryl methyl sites for hydroxylation is 1. The summed E-state index contributed by atoms with van der Waals surface area (Å²) in [4.78, 5) is 32.8.